The maximum atomic E-state index is 4.80. The number of benzene rings is 1. The average Bonchev–Trinajstić information content (AvgIpc) is 2.79. The van der Waals surface area contributed by atoms with Gasteiger partial charge in [-0.1, -0.05) is 42.0 Å². The molecule has 2 heteroatoms. The molecule has 2 aromatic rings. The fraction of sp³-hybridized carbons (Fsp3) is 0.235. The van der Waals surface area contributed by atoms with Crippen molar-refractivity contribution in [1.82, 2.24) is 4.98 Å². The van der Waals surface area contributed by atoms with E-state index in [-0.39, 0.29) is 0 Å². The molecule has 0 bridgehead atoms. The summed E-state index contributed by atoms with van der Waals surface area (Å²) in [6.07, 6.45) is 8.28. The molecule has 98 valence electrons. The van der Waals surface area contributed by atoms with Crippen LogP contribution in [0.5, 0.6) is 0 Å². The van der Waals surface area contributed by atoms with Crippen molar-refractivity contribution in [3.8, 4) is 0 Å². The van der Waals surface area contributed by atoms with Crippen LogP contribution in [0.4, 0.5) is 0 Å². The summed E-state index contributed by atoms with van der Waals surface area (Å²) in [7, 11) is 0. The largest absolute Gasteiger partial charge is 0.236 e. The van der Waals surface area contributed by atoms with Gasteiger partial charge in [-0.3, -0.25) is 0 Å². The van der Waals surface area contributed by atoms with Crippen LogP contribution in [0.25, 0.3) is 15.8 Å². The van der Waals surface area contributed by atoms with E-state index in [2.05, 4.69) is 51.1 Å². The van der Waals surface area contributed by atoms with Gasteiger partial charge in [0.05, 0.1) is 10.2 Å². The van der Waals surface area contributed by atoms with Crippen molar-refractivity contribution in [2.24, 2.45) is 0 Å². The summed E-state index contributed by atoms with van der Waals surface area (Å²) in [5.41, 5.74) is 4.88. The standard InChI is InChI=1S/C17H19NS/c1-5-6-7-10-14(12(2)3)17-18-16-13(4)9-8-11-15(16)19-17/h5-11H,1-4H3/b6-5-,10-7-. The molecule has 0 amide bonds. The number of hydrogen-bond acceptors (Lipinski definition) is 2. The van der Waals surface area contributed by atoms with Gasteiger partial charge >= 0.3 is 0 Å². The van der Waals surface area contributed by atoms with Crippen LogP contribution in [-0.2, 0) is 0 Å². The zero-order valence-corrected chi connectivity index (χ0v) is 12.7. The molecular weight excluding hydrogens is 250 g/mol. The zero-order chi connectivity index (χ0) is 13.8. The van der Waals surface area contributed by atoms with Gasteiger partial charge in [0.25, 0.3) is 0 Å². The minimum atomic E-state index is 1.10. The van der Waals surface area contributed by atoms with E-state index in [1.807, 2.05) is 19.1 Å². The molecule has 0 aliphatic carbocycles. The number of fused-ring (bicyclic) bond motifs is 1. The molecule has 0 aliphatic rings. The van der Waals surface area contributed by atoms with Gasteiger partial charge in [0.2, 0.25) is 0 Å². The highest BCUT2D eigenvalue weighted by atomic mass is 32.1. The highest BCUT2D eigenvalue weighted by molar-refractivity contribution is 7.19. The Bertz CT molecular complexity index is 668. The minimum absolute atomic E-state index is 1.10. The van der Waals surface area contributed by atoms with E-state index in [9.17, 15) is 0 Å². The van der Waals surface area contributed by atoms with Crippen molar-refractivity contribution < 1.29 is 0 Å². The van der Waals surface area contributed by atoms with Gasteiger partial charge in [0.15, 0.2) is 0 Å². The average molecular weight is 269 g/mol. The quantitative estimate of drug-likeness (QED) is 0.667. The number of rotatable bonds is 3. The van der Waals surface area contributed by atoms with Gasteiger partial charge < -0.3 is 0 Å². The monoisotopic (exact) mass is 269 g/mol. The lowest BCUT2D eigenvalue weighted by molar-refractivity contribution is 1.35. The van der Waals surface area contributed by atoms with Gasteiger partial charge in [-0.15, -0.1) is 11.3 Å². The van der Waals surface area contributed by atoms with Crippen molar-refractivity contribution in [3.63, 3.8) is 0 Å². The first-order valence-corrected chi connectivity index (χ1v) is 7.28. The normalized spacial score (nSPS) is 11.8. The Kier molecular flexibility index (Phi) is 4.33. The zero-order valence-electron chi connectivity index (χ0n) is 11.9. The van der Waals surface area contributed by atoms with Gasteiger partial charge in [-0.05, 0) is 39.3 Å². The Hall–Kier alpha value is -1.67. The topological polar surface area (TPSA) is 12.9 Å². The molecule has 19 heavy (non-hydrogen) atoms. The molecule has 2 rings (SSSR count). The van der Waals surface area contributed by atoms with Crippen LogP contribution in [0.15, 0.2) is 48.1 Å². The fourth-order valence-electron chi connectivity index (χ4n) is 1.92. The van der Waals surface area contributed by atoms with Crippen LogP contribution in [0.3, 0.4) is 0 Å². The number of aromatic nitrogens is 1. The lowest BCUT2D eigenvalue weighted by atomic mass is 10.1. The van der Waals surface area contributed by atoms with Crippen LogP contribution in [0.1, 0.15) is 31.3 Å². The molecule has 1 aromatic heterocycles. The fourth-order valence-corrected chi connectivity index (χ4v) is 3.09. The first-order chi connectivity index (χ1) is 9.13. The SMILES string of the molecule is C/C=C\C=C/C(=C(C)C)c1nc2c(C)cccc2s1. The molecule has 0 unspecified atom stereocenters. The van der Waals surface area contributed by atoms with E-state index >= 15 is 0 Å². The van der Waals surface area contributed by atoms with E-state index in [0.29, 0.717) is 0 Å². The highest BCUT2D eigenvalue weighted by Gasteiger charge is 2.09. The first-order valence-electron chi connectivity index (χ1n) is 6.47. The Balaban J connectivity index is 2.52. The third kappa shape index (κ3) is 3.02. The molecule has 0 radical (unpaired) electrons. The first kappa shape index (κ1) is 13.8. The Labute approximate surface area is 119 Å². The second-order valence-electron chi connectivity index (χ2n) is 4.74. The Morgan fingerprint density at radius 2 is 2.00 bits per heavy atom. The minimum Gasteiger partial charge on any atom is -0.236 e. The van der Waals surface area contributed by atoms with Crippen LogP contribution in [0.2, 0.25) is 0 Å². The molecule has 1 aromatic carbocycles. The molecule has 1 heterocycles. The number of allylic oxidation sites excluding steroid dienone is 6. The predicted molar refractivity (Wildman–Crippen MR) is 86.6 cm³/mol. The summed E-state index contributed by atoms with van der Waals surface area (Å²) < 4.78 is 1.26. The molecule has 0 N–H and O–H groups in total. The van der Waals surface area contributed by atoms with Crippen LogP contribution < -0.4 is 0 Å². The van der Waals surface area contributed by atoms with E-state index in [1.54, 1.807) is 11.3 Å². The third-order valence-electron chi connectivity index (χ3n) is 2.96. The van der Waals surface area contributed by atoms with Gasteiger partial charge in [-0.25, -0.2) is 4.98 Å². The molecule has 1 nitrogen and oxygen atoms in total. The maximum absolute atomic E-state index is 4.80. The number of thiazole rings is 1. The van der Waals surface area contributed by atoms with Gasteiger partial charge in [0.1, 0.15) is 5.01 Å². The summed E-state index contributed by atoms with van der Waals surface area (Å²) in [5.74, 6) is 0. The molecular formula is C17H19NS. The second-order valence-corrected chi connectivity index (χ2v) is 5.77. The van der Waals surface area contributed by atoms with E-state index < -0.39 is 0 Å². The van der Waals surface area contributed by atoms with Crippen molar-refractivity contribution in [2.45, 2.75) is 27.7 Å². The van der Waals surface area contributed by atoms with Crippen LogP contribution >= 0.6 is 11.3 Å². The van der Waals surface area contributed by atoms with Crippen molar-refractivity contribution in [2.75, 3.05) is 0 Å². The highest BCUT2D eigenvalue weighted by Crippen LogP contribution is 2.31. The molecule has 0 spiro atoms. The lowest BCUT2D eigenvalue weighted by Crippen LogP contribution is -1.83. The second kappa shape index (κ2) is 5.98. The van der Waals surface area contributed by atoms with Crippen molar-refractivity contribution in [1.29, 1.82) is 0 Å². The number of aryl methyl sites for hydroxylation is 1. The molecule has 0 saturated carbocycles. The van der Waals surface area contributed by atoms with E-state index in [0.717, 1.165) is 10.5 Å². The third-order valence-corrected chi connectivity index (χ3v) is 4.01. The Morgan fingerprint density at radius 1 is 1.21 bits per heavy atom. The summed E-state index contributed by atoms with van der Waals surface area (Å²) in [6, 6.07) is 6.35. The van der Waals surface area contributed by atoms with Crippen molar-refractivity contribution in [3.05, 3.63) is 58.6 Å². The molecule has 0 saturated heterocycles. The van der Waals surface area contributed by atoms with Crippen LogP contribution in [-0.4, -0.2) is 4.98 Å². The summed E-state index contributed by atoms with van der Waals surface area (Å²) >= 11 is 1.76. The van der Waals surface area contributed by atoms with Gasteiger partial charge in [-0.2, -0.15) is 0 Å². The molecule has 0 fully saturated rings. The van der Waals surface area contributed by atoms with Crippen LogP contribution in [0, 0.1) is 6.92 Å². The number of nitrogens with zero attached hydrogens (tertiary/aromatic N) is 1. The molecule has 0 atom stereocenters. The van der Waals surface area contributed by atoms with E-state index in [4.69, 9.17) is 4.98 Å². The van der Waals surface area contributed by atoms with Crippen molar-refractivity contribution >= 4 is 27.1 Å². The number of hydrogen-bond donors (Lipinski definition) is 0. The summed E-state index contributed by atoms with van der Waals surface area (Å²) in [6.45, 7) is 8.40. The summed E-state index contributed by atoms with van der Waals surface area (Å²) in [4.78, 5) is 4.80. The van der Waals surface area contributed by atoms with E-state index in [1.165, 1.54) is 21.4 Å². The smallest absolute Gasteiger partial charge is 0.124 e. The molecule has 0 aliphatic heterocycles. The number of para-hydroxylation sites is 1. The lowest BCUT2D eigenvalue weighted by Gasteiger charge is -1.99. The Morgan fingerprint density at radius 3 is 2.63 bits per heavy atom. The van der Waals surface area contributed by atoms with Gasteiger partial charge in [0, 0.05) is 5.57 Å². The maximum Gasteiger partial charge on any atom is 0.124 e. The predicted octanol–water partition coefficient (Wildman–Crippen LogP) is 5.53. The summed E-state index contributed by atoms with van der Waals surface area (Å²) in [5, 5.41) is 1.10.